The lowest BCUT2D eigenvalue weighted by Gasteiger charge is -2.11. The third kappa shape index (κ3) is 6.07. The molecule has 5 heteroatoms. The van der Waals surface area contributed by atoms with Crippen molar-refractivity contribution in [3.63, 3.8) is 0 Å². The van der Waals surface area contributed by atoms with Gasteiger partial charge >= 0.3 is 6.18 Å². The average Bonchev–Trinajstić information content (AvgIpc) is 2.45. The molecule has 1 rings (SSSR count). The zero-order valence-electron chi connectivity index (χ0n) is 12.3. The number of benzene rings is 1. The Balaban J connectivity index is 2.47. The first-order valence-electron chi connectivity index (χ1n) is 7.34. The van der Waals surface area contributed by atoms with Crippen LogP contribution in [0.4, 0.5) is 18.9 Å². The summed E-state index contributed by atoms with van der Waals surface area (Å²) in [6, 6.07) is 5.04. The Hall–Kier alpha value is -1.70. The van der Waals surface area contributed by atoms with Gasteiger partial charge in [-0.05, 0) is 24.6 Å². The van der Waals surface area contributed by atoms with Gasteiger partial charge in [0.1, 0.15) is 6.07 Å². The second-order valence-corrected chi connectivity index (χ2v) is 5.06. The van der Waals surface area contributed by atoms with Crippen molar-refractivity contribution in [2.24, 2.45) is 0 Å². The molecule has 21 heavy (non-hydrogen) atoms. The molecule has 0 atom stereocenters. The van der Waals surface area contributed by atoms with Crippen molar-refractivity contribution in [1.29, 1.82) is 5.26 Å². The van der Waals surface area contributed by atoms with Crippen molar-refractivity contribution >= 4 is 5.69 Å². The third-order valence-corrected chi connectivity index (χ3v) is 3.31. The Morgan fingerprint density at radius 1 is 1.10 bits per heavy atom. The average molecular weight is 298 g/mol. The van der Waals surface area contributed by atoms with Crippen LogP contribution in [0.25, 0.3) is 0 Å². The van der Waals surface area contributed by atoms with Gasteiger partial charge in [-0.2, -0.15) is 18.4 Å². The van der Waals surface area contributed by atoms with E-state index >= 15 is 0 Å². The van der Waals surface area contributed by atoms with Gasteiger partial charge < -0.3 is 5.32 Å². The van der Waals surface area contributed by atoms with E-state index in [9.17, 15) is 13.2 Å². The summed E-state index contributed by atoms with van der Waals surface area (Å²) in [6.07, 6.45) is 2.47. The normalized spacial score (nSPS) is 11.2. The summed E-state index contributed by atoms with van der Waals surface area (Å²) in [5.41, 5.74) is -0.279. The first kappa shape index (κ1) is 17.4. The van der Waals surface area contributed by atoms with Crippen molar-refractivity contribution in [3.8, 4) is 6.07 Å². The second kappa shape index (κ2) is 8.56. The number of rotatable bonds is 8. The van der Waals surface area contributed by atoms with Crippen LogP contribution < -0.4 is 5.32 Å². The second-order valence-electron chi connectivity index (χ2n) is 5.06. The number of halogens is 3. The highest BCUT2D eigenvalue weighted by Crippen LogP contribution is 2.31. The molecule has 1 N–H and O–H groups in total. The van der Waals surface area contributed by atoms with Gasteiger partial charge in [-0.1, -0.05) is 39.0 Å². The molecule has 0 bridgehead atoms. The maximum absolute atomic E-state index is 12.6. The molecule has 116 valence electrons. The largest absolute Gasteiger partial charge is 0.416 e. The number of hydrogen-bond donors (Lipinski definition) is 1. The zero-order valence-corrected chi connectivity index (χ0v) is 12.3. The van der Waals surface area contributed by atoms with Crippen LogP contribution in [0.1, 0.15) is 56.6 Å². The highest BCUT2D eigenvalue weighted by molar-refractivity contribution is 5.58. The number of hydrogen-bond acceptors (Lipinski definition) is 2. The fraction of sp³-hybridized carbons (Fsp3) is 0.562. The fourth-order valence-electron chi connectivity index (χ4n) is 2.10. The van der Waals surface area contributed by atoms with Crippen molar-refractivity contribution < 1.29 is 13.2 Å². The number of anilines is 1. The van der Waals surface area contributed by atoms with E-state index in [1.54, 1.807) is 0 Å². The first-order valence-corrected chi connectivity index (χ1v) is 7.34. The molecular weight excluding hydrogens is 277 g/mol. The Labute approximate surface area is 124 Å². The topological polar surface area (TPSA) is 35.8 Å². The molecule has 0 radical (unpaired) electrons. The number of nitrogens with one attached hydrogen (secondary N) is 1. The molecule has 2 nitrogen and oxygen atoms in total. The van der Waals surface area contributed by atoms with E-state index in [0.29, 0.717) is 12.2 Å². The van der Waals surface area contributed by atoms with Crippen molar-refractivity contribution in [1.82, 2.24) is 0 Å². The number of alkyl halides is 3. The SMILES string of the molecule is CCCCCCCCNc1ccc(C(F)(F)F)cc1C#N. The minimum atomic E-state index is -4.41. The van der Waals surface area contributed by atoms with Crippen molar-refractivity contribution in [3.05, 3.63) is 29.3 Å². The van der Waals surface area contributed by atoms with E-state index in [2.05, 4.69) is 12.2 Å². The van der Waals surface area contributed by atoms with E-state index in [-0.39, 0.29) is 5.56 Å². The van der Waals surface area contributed by atoms with Crippen LogP contribution in [0, 0.1) is 11.3 Å². The van der Waals surface area contributed by atoms with Gasteiger partial charge in [0.25, 0.3) is 0 Å². The lowest BCUT2D eigenvalue weighted by molar-refractivity contribution is -0.137. The summed E-state index contributed by atoms with van der Waals surface area (Å²) < 4.78 is 37.7. The quantitative estimate of drug-likeness (QED) is 0.657. The Morgan fingerprint density at radius 2 is 1.76 bits per heavy atom. The maximum Gasteiger partial charge on any atom is 0.416 e. The van der Waals surface area contributed by atoms with Crippen LogP contribution >= 0.6 is 0 Å². The van der Waals surface area contributed by atoms with Crippen LogP contribution in [-0.4, -0.2) is 6.54 Å². The standard InChI is InChI=1S/C16H21F3N2/c1-2-3-4-5-6-7-10-21-15-9-8-14(16(17,18)19)11-13(15)12-20/h8-9,11,21H,2-7,10H2,1H3. The minimum Gasteiger partial charge on any atom is -0.384 e. The molecule has 0 aliphatic carbocycles. The van der Waals surface area contributed by atoms with Crippen LogP contribution in [0.15, 0.2) is 18.2 Å². The summed E-state index contributed by atoms with van der Waals surface area (Å²) >= 11 is 0. The van der Waals surface area contributed by atoms with Crippen LogP contribution in [-0.2, 0) is 6.18 Å². The van der Waals surface area contributed by atoms with Gasteiger partial charge in [0.2, 0.25) is 0 Å². The van der Waals surface area contributed by atoms with E-state index < -0.39 is 11.7 Å². The zero-order chi connectivity index (χ0) is 15.7. The predicted molar refractivity (Wildman–Crippen MR) is 78.0 cm³/mol. The summed E-state index contributed by atoms with van der Waals surface area (Å²) in [5, 5.41) is 12.0. The molecule has 0 aliphatic heterocycles. The molecular formula is C16H21F3N2. The summed E-state index contributed by atoms with van der Waals surface area (Å²) in [5.74, 6) is 0. The molecule has 0 fully saturated rings. The number of nitrogens with zero attached hydrogens (tertiary/aromatic N) is 1. The number of unbranched alkanes of at least 4 members (excludes halogenated alkanes) is 5. The van der Waals surface area contributed by atoms with Gasteiger partial charge in [0, 0.05) is 6.54 Å². The van der Waals surface area contributed by atoms with Gasteiger partial charge in [0.15, 0.2) is 0 Å². The summed E-state index contributed by atoms with van der Waals surface area (Å²) in [6.45, 7) is 2.84. The lowest BCUT2D eigenvalue weighted by atomic mass is 10.1. The third-order valence-electron chi connectivity index (χ3n) is 3.31. The molecule has 0 unspecified atom stereocenters. The van der Waals surface area contributed by atoms with E-state index in [0.717, 1.165) is 25.0 Å². The first-order chi connectivity index (χ1) is 9.99. The predicted octanol–water partition coefficient (Wildman–Crippen LogP) is 5.35. The molecule has 0 aliphatic rings. The molecule has 0 amide bonds. The Morgan fingerprint density at radius 3 is 2.38 bits per heavy atom. The van der Waals surface area contributed by atoms with Crippen molar-refractivity contribution in [2.45, 2.75) is 51.6 Å². The van der Waals surface area contributed by atoms with Crippen LogP contribution in [0.5, 0.6) is 0 Å². The smallest absolute Gasteiger partial charge is 0.384 e. The monoisotopic (exact) mass is 298 g/mol. The lowest BCUT2D eigenvalue weighted by Crippen LogP contribution is -2.08. The number of nitriles is 1. The van der Waals surface area contributed by atoms with E-state index in [1.165, 1.54) is 31.7 Å². The minimum absolute atomic E-state index is 0.0378. The van der Waals surface area contributed by atoms with E-state index in [1.807, 2.05) is 6.07 Å². The Kier molecular flexibility index (Phi) is 7.07. The molecule has 1 aromatic carbocycles. The van der Waals surface area contributed by atoms with Crippen LogP contribution in [0.3, 0.4) is 0 Å². The molecule has 0 saturated carbocycles. The molecule has 1 aromatic rings. The highest BCUT2D eigenvalue weighted by atomic mass is 19.4. The van der Waals surface area contributed by atoms with Gasteiger partial charge in [0.05, 0.1) is 16.8 Å². The Bertz CT molecular complexity index is 475. The molecule has 0 spiro atoms. The van der Waals surface area contributed by atoms with Crippen molar-refractivity contribution in [2.75, 3.05) is 11.9 Å². The van der Waals surface area contributed by atoms with Gasteiger partial charge in [-0.25, -0.2) is 0 Å². The van der Waals surface area contributed by atoms with E-state index in [4.69, 9.17) is 5.26 Å². The molecule has 0 heterocycles. The van der Waals surface area contributed by atoms with Gasteiger partial charge in [-0.15, -0.1) is 0 Å². The molecule has 0 saturated heterocycles. The summed E-state index contributed by atoms with van der Waals surface area (Å²) in [7, 11) is 0. The highest BCUT2D eigenvalue weighted by Gasteiger charge is 2.30. The van der Waals surface area contributed by atoms with Crippen LogP contribution in [0.2, 0.25) is 0 Å². The summed E-state index contributed by atoms with van der Waals surface area (Å²) in [4.78, 5) is 0. The molecule has 0 aromatic heterocycles. The van der Waals surface area contributed by atoms with Gasteiger partial charge in [-0.3, -0.25) is 0 Å². The maximum atomic E-state index is 12.6. The fourth-order valence-corrected chi connectivity index (χ4v) is 2.10.